The van der Waals surface area contributed by atoms with Crippen molar-refractivity contribution >= 4 is 52.6 Å². The second-order valence-electron chi connectivity index (χ2n) is 12.2. The van der Waals surface area contributed by atoms with Crippen LogP contribution in [-0.2, 0) is 35.3 Å². The molecule has 0 saturated carbocycles. The van der Waals surface area contributed by atoms with Crippen LogP contribution < -0.4 is 5.32 Å². The van der Waals surface area contributed by atoms with Crippen molar-refractivity contribution in [1.29, 1.82) is 0 Å². The molecule has 3 aliphatic carbocycles. The van der Waals surface area contributed by atoms with E-state index in [1.165, 1.54) is 0 Å². The Bertz CT molecular complexity index is 1770. The minimum atomic E-state index is -1.36. The van der Waals surface area contributed by atoms with Crippen LogP contribution in [0.1, 0.15) is 52.0 Å². The second-order valence-corrected chi connectivity index (χ2v) is 13.4. The third-order valence-corrected chi connectivity index (χ3v) is 10.5. The predicted octanol–water partition coefficient (Wildman–Crippen LogP) is 6.39. The van der Waals surface area contributed by atoms with Crippen LogP contribution in [0.5, 0.6) is 0 Å². The lowest BCUT2D eigenvalue weighted by Gasteiger charge is -2.54. The van der Waals surface area contributed by atoms with Crippen LogP contribution in [0, 0.1) is 11.8 Å². The van der Waals surface area contributed by atoms with Crippen molar-refractivity contribution in [1.82, 2.24) is 4.90 Å². The van der Waals surface area contributed by atoms with E-state index in [4.69, 9.17) is 27.9 Å². The Morgan fingerprint density at radius 2 is 1.20 bits per heavy atom. The fourth-order valence-corrected chi connectivity index (χ4v) is 8.43. The molecule has 4 aromatic rings. The molecule has 1 aliphatic heterocycles. The SMILES string of the molecule is CC(C)OC(=O)c1ccc(NC(=O)[C@H](Cc2ccccc2)N2C(=O)[C@H]3[C@H](C2=O)C2(Cl)c4ccccc4C3(Cl)c3ccccc32)cc1. The zero-order chi connectivity index (χ0) is 32.4. The van der Waals surface area contributed by atoms with E-state index in [-0.39, 0.29) is 12.5 Å². The van der Waals surface area contributed by atoms with Gasteiger partial charge in [-0.2, -0.15) is 0 Å². The summed E-state index contributed by atoms with van der Waals surface area (Å²) < 4.78 is 5.26. The summed E-state index contributed by atoms with van der Waals surface area (Å²) in [4.78, 5) is 54.1. The number of likely N-dealkylation sites (tertiary alicyclic amines) is 1. The van der Waals surface area contributed by atoms with E-state index in [9.17, 15) is 19.2 Å². The summed E-state index contributed by atoms with van der Waals surface area (Å²) in [6.07, 6.45) is -0.202. The molecule has 46 heavy (non-hydrogen) atoms. The van der Waals surface area contributed by atoms with Crippen LogP contribution in [0.2, 0.25) is 0 Å². The van der Waals surface area contributed by atoms with Gasteiger partial charge in [-0.25, -0.2) is 4.79 Å². The summed E-state index contributed by atoms with van der Waals surface area (Å²) in [5.74, 6) is -4.17. The molecule has 8 rings (SSSR count). The maximum Gasteiger partial charge on any atom is 0.338 e. The quantitative estimate of drug-likeness (QED) is 0.142. The van der Waals surface area contributed by atoms with Crippen molar-refractivity contribution in [2.45, 2.75) is 42.2 Å². The molecule has 4 aliphatic rings. The molecule has 0 aromatic heterocycles. The molecule has 2 bridgehead atoms. The van der Waals surface area contributed by atoms with Gasteiger partial charge in [0.2, 0.25) is 17.7 Å². The lowest BCUT2D eigenvalue weighted by Crippen LogP contribution is -2.57. The number of halogens is 2. The highest BCUT2D eigenvalue weighted by Crippen LogP contribution is 2.69. The minimum Gasteiger partial charge on any atom is -0.459 e. The smallest absolute Gasteiger partial charge is 0.338 e. The summed E-state index contributed by atoms with van der Waals surface area (Å²) in [5.41, 5.74) is 4.24. The Hall–Kier alpha value is -4.46. The number of rotatable bonds is 7. The number of carbonyl (C=O) groups is 4. The third-order valence-electron chi connectivity index (χ3n) is 9.24. The van der Waals surface area contributed by atoms with Crippen molar-refractivity contribution in [2.24, 2.45) is 11.8 Å². The van der Waals surface area contributed by atoms with Gasteiger partial charge in [-0.1, -0.05) is 78.9 Å². The van der Waals surface area contributed by atoms with E-state index in [0.29, 0.717) is 33.5 Å². The topological polar surface area (TPSA) is 92.8 Å². The number of ether oxygens (including phenoxy) is 1. The maximum absolute atomic E-state index is 14.6. The molecular formula is C37H30Cl2N2O5. The number of nitrogens with zero attached hydrogens (tertiary/aromatic N) is 1. The van der Waals surface area contributed by atoms with E-state index >= 15 is 0 Å². The first-order valence-corrected chi connectivity index (χ1v) is 15.9. The fourth-order valence-electron chi connectivity index (χ4n) is 7.33. The number of esters is 1. The number of hydrogen-bond acceptors (Lipinski definition) is 5. The van der Waals surface area contributed by atoms with Crippen molar-refractivity contribution in [3.63, 3.8) is 0 Å². The largest absolute Gasteiger partial charge is 0.459 e. The first-order chi connectivity index (χ1) is 22.1. The van der Waals surface area contributed by atoms with Crippen molar-refractivity contribution in [3.05, 3.63) is 137 Å². The first-order valence-electron chi connectivity index (χ1n) is 15.2. The molecule has 7 nitrogen and oxygen atoms in total. The second kappa shape index (κ2) is 11.1. The average Bonchev–Trinajstić information content (AvgIpc) is 3.33. The van der Waals surface area contributed by atoms with Crippen LogP contribution in [0.15, 0.2) is 103 Å². The van der Waals surface area contributed by atoms with Crippen molar-refractivity contribution in [3.8, 4) is 0 Å². The number of imide groups is 1. The molecule has 1 fully saturated rings. The zero-order valence-electron chi connectivity index (χ0n) is 25.1. The van der Waals surface area contributed by atoms with Crippen molar-refractivity contribution < 1.29 is 23.9 Å². The lowest BCUT2D eigenvalue weighted by atomic mass is 9.54. The number of anilines is 1. The highest BCUT2D eigenvalue weighted by Gasteiger charge is 2.73. The van der Waals surface area contributed by atoms with Crippen molar-refractivity contribution in [2.75, 3.05) is 5.32 Å². The fraction of sp³-hybridized carbons (Fsp3) is 0.243. The maximum atomic E-state index is 14.6. The Kier molecular flexibility index (Phi) is 7.29. The average molecular weight is 654 g/mol. The van der Waals surface area contributed by atoms with Gasteiger partial charge < -0.3 is 10.1 Å². The normalized spacial score (nSPS) is 24.7. The van der Waals surface area contributed by atoms with Crippen LogP contribution in [0.3, 0.4) is 0 Å². The Morgan fingerprint density at radius 3 is 1.65 bits per heavy atom. The molecule has 1 N–H and O–H groups in total. The lowest BCUT2D eigenvalue weighted by molar-refractivity contribution is -0.146. The third kappa shape index (κ3) is 4.40. The number of hydrogen-bond donors (Lipinski definition) is 1. The van der Waals surface area contributed by atoms with Crippen LogP contribution in [0.25, 0.3) is 0 Å². The summed E-state index contributed by atoms with van der Waals surface area (Å²) in [6, 6.07) is 29.1. The summed E-state index contributed by atoms with van der Waals surface area (Å²) in [7, 11) is 0. The number of nitrogens with one attached hydrogen (secondary N) is 1. The molecule has 0 radical (unpaired) electrons. The molecular weight excluding hydrogens is 623 g/mol. The van der Waals surface area contributed by atoms with E-state index in [0.717, 1.165) is 10.5 Å². The van der Waals surface area contributed by atoms with Crippen LogP contribution in [-0.4, -0.2) is 40.7 Å². The van der Waals surface area contributed by atoms with E-state index in [2.05, 4.69) is 5.32 Å². The van der Waals surface area contributed by atoms with E-state index in [1.54, 1.807) is 38.1 Å². The van der Waals surface area contributed by atoms with Gasteiger partial charge in [-0.15, -0.1) is 23.2 Å². The van der Waals surface area contributed by atoms with Gasteiger partial charge in [-0.3, -0.25) is 19.3 Å². The van der Waals surface area contributed by atoms with Gasteiger partial charge in [0.05, 0.1) is 23.5 Å². The number of carbonyl (C=O) groups excluding carboxylic acids is 4. The molecule has 3 atom stereocenters. The highest BCUT2D eigenvalue weighted by molar-refractivity contribution is 6.36. The molecule has 1 heterocycles. The summed E-state index contributed by atoms with van der Waals surface area (Å²) >= 11 is 15.2. The van der Waals surface area contributed by atoms with E-state index < -0.39 is 51.3 Å². The predicted molar refractivity (Wildman–Crippen MR) is 175 cm³/mol. The Balaban J connectivity index is 1.28. The zero-order valence-corrected chi connectivity index (χ0v) is 26.6. The molecule has 3 amide bonds. The van der Waals surface area contributed by atoms with Gasteiger partial charge in [0.25, 0.3) is 0 Å². The van der Waals surface area contributed by atoms with Crippen LogP contribution >= 0.6 is 23.2 Å². The number of amides is 3. The van der Waals surface area contributed by atoms with E-state index in [1.807, 2.05) is 78.9 Å². The van der Waals surface area contributed by atoms with Gasteiger partial charge in [0.15, 0.2) is 0 Å². The standard InChI is InChI=1S/C37H30Cl2N2O5/c1-21(2)46-35(45)23-16-18-24(19-17-23)40-32(42)29(20-22-10-4-3-5-11-22)41-33(43)30-31(34(41)44)37(39)26-13-7-6-12-25(26)36(30,38)27-14-8-9-15-28(27)37/h3-19,21,29-31H,20H2,1-2H3,(H,40,42)/t29-,30+,31+,36?,37?/m0/s1. The number of alkyl halides is 2. The molecule has 0 spiro atoms. The van der Waals surface area contributed by atoms with Gasteiger partial charge >= 0.3 is 5.97 Å². The van der Waals surface area contributed by atoms with Crippen LogP contribution in [0.4, 0.5) is 5.69 Å². The van der Waals surface area contributed by atoms with Gasteiger partial charge in [0, 0.05) is 12.1 Å². The Labute approximate surface area is 276 Å². The van der Waals surface area contributed by atoms with Gasteiger partial charge in [-0.05, 0) is 65.9 Å². The molecule has 232 valence electrons. The summed E-state index contributed by atoms with van der Waals surface area (Å²) in [6.45, 7) is 3.52. The molecule has 1 saturated heterocycles. The molecule has 9 heteroatoms. The molecule has 0 unspecified atom stereocenters. The summed E-state index contributed by atoms with van der Waals surface area (Å²) in [5, 5.41) is 2.86. The monoisotopic (exact) mass is 652 g/mol. The van der Waals surface area contributed by atoms with Gasteiger partial charge in [0.1, 0.15) is 15.8 Å². The minimum absolute atomic E-state index is 0.0762. The first kappa shape index (κ1) is 30.2. The Morgan fingerprint density at radius 1 is 0.739 bits per heavy atom. The highest BCUT2D eigenvalue weighted by atomic mass is 35.5. The molecule has 4 aromatic carbocycles. The number of benzene rings is 4.